The highest BCUT2D eigenvalue weighted by Gasteiger charge is 2.53. The van der Waals surface area contributed by atoms with Crippen LogP contribution in [0, 0.1) is 23.2 Å². The Morgan fingerprint density at radius 3 is 2.32 bits per heavy atom. The molecule has 0 radical (unpaired) electrons. The molecule has 0 N–H and O–H groups in total. The van der Waals surface area contributed by atoms with E-state index in [2.05, 4.69) is 15.0 Å². The number of isocyanates is 3. The summed E-state index contributed by atoms with van der Waals surface area (Å²) >= 11 is 0. The molecule has 4 unspecified atom stereocenters. The van der Waals surface area contributed by atoms with Crippen LogP contribution in [0.25, 0.3) is 0 Å². The van der Waals surface area contributed by atoms with Gasteiger partial charge in [-0.2, -0.15) is 0 Å². The van der Waals surface area contributed by atoms with E-state index in [0.717, 1.165) is 32.1 Å². The summed E-state index contributed by atoms with van der Waals surface area (Å²) in [6.45, 7) is 1.58. The third kappa shape index (κ3) is 3.66. The fourth-order valence-corrected chi connectivity index (χ4v) is 4.60. The molecule has 4 atom stereocenters. The van der Waals surface area contributed by atoms with Crippen LogP contribution in [0.1, 0.15) is 38.5 Å². The summed E-state index contributed by atoms with van der Waals surface area (Å²) in [6, 6.07) is 0. The maximum Gasteiger partial charge on any atom is 0.234 e. The summed E-state index contributed by atoms with van der Waals surface area (Å²) in [6.07, 6.45) is 10.9. The molecule has 0 spiro atoms. The fraction of sp³-hybridized carbons (Fsp3) is 0.812. The number of aliphatic imine (C=N–C) groups is 3. The van der Waals surface area contributed by atoms with Gasteiger partial charge in [0.05, 0.1) is 19.6 Å². The molecule has 2 aliphatic carbocycles. The number of hydrogen-bond acceptors (Lipinski definition) is 6. The lowest BCUT2D eigenvalue weighted by Crippen LogP contribution is -2.34. The van der Waals surface area contributed by atoms with Gasteiger partial charge in [0.1, 0.15) is 0 Å². The van der Waals surface area contributed by atoms with Crippen LogP contribution in [0.15, 0.2) is 15.0 Å². The van der Waals surface area contributed by atoms with E-state index in [-0.39, 0.29) is 5.41 Å². The van der Waals surface area contributed by atoms with E-state index < -0.39 is 0 Å². The van der Waals surface area contributed by atoms with Crippen LogP contribution in [0.2, 0.25) is 0 Å². The fourth-order valence-electron chi connectivity index (χ4n) is 4.60. The second-order valence-electron chi connectivity index (χ2n) is 6.50. The number of rotatable bonds is 9. The summed E-state index contributed by atoms with van der Waals surface area (Å²) in [5.74, 6) is 1.80. The molecule has 0 aromatic carbocycles. The monoisotopic (exact) mass is 303 g/mol. The molecule has 2 fully saturated rings. The van der Waals surface area contributed by atoms with Gasteiger partial charge in [-0.15, -0.1) is 0 Å². The molecule has 0 aromatic rings. The molecule has 6 nitrogen and oxygen atoms in total. The molecular weight excluding hydrogens is 282 g/mol. The molecule has 22 heavy (non-hydrogen) atoms. The molecule has 0 heterocycles. The summed E-state index contributed by atoms with van der Waals surface area (Å²) in [5, 5.41) is 0. The Labute approximate surface area is 129 Å². The lowest BCUT2D eigenvalue weighted by Gasteiger charge is -2.39. The van der Waals surface area contributed by atoms with Crippen LogP contribution in [0.4, 0.5) is 0 Å². The van der Waals surface area contributed by atoms with Crippen LogP contribution in [-0.2, 0) is 14.4 Å². The molecule has 0 aromatic heterocycles. The Bertz CT molecular complexity index is 531. The van der Waals surface area contributed by atoms with Gasteiger partial charge in [0.25, 0.3) is 0 Å². The third-order valence-electron chi connectivity index (χ3n) is 5.52. The molecule has 0 saturated heterocycles. The largest absolute Gasteiger partial charge is 0.234 e. The normalized spacial score (nSPS) is 31.9. The van der Waals surface area contributed by atoms with E-state index in [1.807, 2.05) is 0 Å². The second-order valence-corrected chi connectivity index (χ2v) is 6.50. The lowest BCUT2D eigenvalue weighted by atomic mass is 9.67. The third-order valence-corrected chi connectivity index (χ3v) is 5.52. The molecular formula is C16H21N3O3. The standard InChI is InChI=1S/C16H21N3O3/c20-10-17-4-1-3-16(9-19-12-22)8-14-7-15(16)6-13(14)2-5-18-11-21/h13-15H,1-9H2. The van der Waals surface area contributed by atoms with Crippen molar-refractivity contribution in [3.63, 3.8) is 0 Å². The van der Waals surface area contributed by atoms with Crippen molar-refractivity contribution in [2.45, 2.75) is 38.5 Å². The molecule has 2 bridgehead atoms. The zero-order valence-corrected chi connectivity index (χ0v) is 12.7. The van der Waals surface area contributed by atoms with Gasteiger partial charge in [-0.25, -0.2) is 29.4 Å². The van der Waals surface area contributed by atoms with Crippen molar-refractivity contribution in [1.82, 2.24) is 0 Å². The highest BCUT2D eigenvalue weighted by molar-refractivity contribution is 5.33. The summed E-state index contributed by atoms with van der Waals surface area (Å²) < 4.78 is 0. The molecule has 6 heteroatoms. The van der Waals surface area contributed by atoms with Crippen LogP contribution < -0.4 is 0 Å². The predicted octanol–water partition coefficient (Wildman–Crippen LogP) is 2.20. The second kappa shape index (κ2) is 7.95. The van der Waals surface area contributed by atoms with Crippen LogP contribution in [0.5, 0.6) is 0 Å². The highest BCUT2D eigenvalue weighted by atomic mass is 16.1. The SMILES string of the molecule is O=C=NCCCC1(CN=C=O)CC2CC1CC2CCN=C=O. The Morgan fingerprint density at radius 1 is 0.955 bits per heavy atom. The van der Waals surface area contributed by atoms with Crippen molar-refractivity contribution in [3.05, 3.63) is 0 Å². The van der Waals surface area contributed by atoms with Crippen molar-refractivity contribution in [2.75, 3.05) is 19.6 Å². The minimum Gasteiger partial charge on any atom is -0.211 e. The van der Waals surface area contributed by atoms with E-state index >= 15 is 0 Å². The quantitative estimate of drug-likeness (QED) is 0.371. The van der Waals surface area contributed by atoms with Crippen molar-refractivity contribution in [2.24, 2.45) is 38.1 Å². The average Bonchev–Trinajstić information content (AvgIpc) is 3.08. The molecule has 118 valence electrons. The Kier molecular flexibility index (Phi) is 5.97. The van der Waals surface area contributed by atoms with Crippen molar-refractivity contribution in [3.8, 4) is 0 Å². The maximum absolute atomic E-state index is 10.5. The van der Waals surface area contributed by atoms with Crippen LogP contribution in [0.3, 0.4) is 0 Å². The topological polar surface area (TPSA) is 88.3 Å². The minimum absolute atomic E-state index is 0.0604. The zero-order chi connectivity index (χ0) is 15.8. The Balaban J connectivity index is 1.96. The van der Waals surface area contributed by atoms with Crippen molar-refractivity contribution < 1.29 is 14.4 Å². The molecule has 0 amide bonds. The molecule has 2 rings (SSSR count). The van der Waals surface area contributed by atoms with Crippen molar-refractivity contribution >= 4 is 18.2 Å². The Morgan fingerprint density at radius 2 is 1.68 bits per heavy atom. The zero-order valence-electron chi connectivity index (χ0n) is 12.7. The first-order valence-electron chi connectivity index (χ1n) is 7.86. The number of fused-ring (bicyclic) bond motifs is 2. The molecule has 2 saturated carbocycles. The first-order valence-corrected chi connectivity index (χ1v) is 7.86. The average molecular weight is 303 g/mol. The first-order chi connectivity index (χ1) is 10.8. The van der Waals surface area contributed by atoms with E-state index in [0.29, 0.717) is 37.4 Å². The van der Waals surface area contributed by atoms with Crippen molar-refractivity contribution in [1.29, 1.82) is 0 Å². The van der Waals surface area contributed by atoms with Gasteiger partial charge in [-0.05, 0) is 61.7 Å². The van der Waals surface area contributed by atoms with Gasteiger partial charge < -0.3 is 0 Å². The minimum atomic E-state index is 0.0604. The Hall–Kier alpha value is -1.86. The highest BCUT2D eigenvalue weighted by Crippen LogP contribution is 2.61. The van der Waals surface area contributed by atoms with E-state index in [9.17, 15) is 14.4 Å². The van der Waals surface area contributed by atoms with Gasteiger partial charge in [0.15, 0.2) is 0 Å². The summed E-state index contributed by atoms with van der Waals surface area (Å²) in [4.78, 5) is 41.9. The smallest absolute Gasteiger partial charge is 0.211 e. The predicted molar refractivity (Wildman–Crippen MR) is 79.6 cm³/mol. The summed E-state index contributed by atoms with van der Waals surface area (Å²) in [7, 11) is 0. The van der Waals surface area contributed by atoms with Gasteiger partial charge in [-0.1, -0.05) is 0 Å². The van der Waals surface area contributed by atoms with Gasteiger partial charge in [0, 0.05) is 0 Å². The summed E-state index contributed by atoms with van der Waals surface area (Å²) in [5.41, 5.74) is 0.0604. The molecule has 0 aliphatic heterocycles. The van der Waals surface area contributed by atoms with Gasteiger partial charge in [0.2, 0.25) is 18.2 Å². The number of hydrogen-bond donors (Lipinski definition) is 0. The van der Waals surface area contributed by atoms with E-state index in [1.54, 1.807) is 18.2 Å². The lowest BCUT2D eigenvalue weighted by molar-refractivity contribution is 0.122. The maximum atomic E-state index is 10.5. The van der Waals surface area contributed by atoms with Gasteiger partial charge in [-0.3, -0.25) is 0 Å². The van der Waals surface area contributed by atoms with Gasteiger partial charge >= 0.3 is 0 Å². The number of nitrogens with zero attached hydrogens (tertiary/aromatic N) is 3. The van der Waals surface area contributed by atoms with Crippen LogP contribution >= 0.6 is 0 Å². The van der Waals surface area contributed by atoms with E-state index in [1.165, 1.54) is 6.42 Å². The van der Waals surface area contributed by atoms with Crippen LogP contribution in [-0.4, -0.2) is 37.9 Å². The first kappa shape index (κ1) is 16.5. The molecule has 2 aliphatic rings. The number of carbonyl (C=O) groups excluding carboxylic acids is 3. The van der Waals surface area contributed by atoms with E-state index in [4.69, 9.17) is 0 Å².